The largest absolute Gasteiger partial charge is 0.308 e. The minimum Gasteiger partial charge on any atom is -0.308 e. The van der Waals surface area contributed by atoms with Crippen LogP contribution in [0.15, 0.2) is 12.3 Å². The molecule has 0 bridgehead atoms. The first kappa shape index (κ1) is 9.71. The van der Waals surface area contributed by atoms with Crippen molar-refractivity contribution in [3.8, 4) is 0 Å². The Hall–Kier alpha value is -0.830. The van der Waals surface area contributed by atoms with Gasteiger partial charge >= 0.3 is 0 Å². The molecule has 1 saturated carbocycles. The van der Waals surface area contributed by atoms with Crippen molar-refractivity contribution >= 4 is 0 Å². The lowest BCUT2D eigenvalue weighted by Gasteiger charge is -2.17. The fraction of sp³-hybridized carbons (Fsp3) is 0.727. The molecule has 1 aromatic rings. The summed E-state index contributed by atoms with van der Waals surface area (Å²) >= 11 is 0. The lowest BCUT2D eigenvalue weighted by atomic mass is 10.1. The van der Waals surface area contributed by atoms with Gasteiger partial charge in [-0.25, -0.2) is 0 Å². The van der Waals surface area contributed by atoms with Crippen LogP contribution in [0.1, 0.15) is 37.9 Å². The molecule has 2 rings (SSSR count). The Bertz CT molecular complexity index is 288. The molecular weight excluding hydrogens is 174 g/mol. The Morgan fingerprint density at radius 2 is 2.43 bits per heavy atom. The van der Waals surface area contributed by atoms with E-state index in [0.29, 0.717) is 6.04 Å². The maximum Gasteiger partial charge on any atom is 0.0553 e. The van der Waals surface area contributed by atoms with Crippen LogP contribution in [0.2, 0.25) is 0 Å². The number of aryl methyl sites for hydroxylation is 1. The highest BCUT2D eigenvalue weighted by molar-refractivity contribution is 5.10. The highest BCUT2D eigenvalue weighted by Crippen LogP contribution is 2.40. The van der Waals surface area contributed by atoms with Crippen LogP contribution in [-0.2, 0) is 7.05 Å². The van der Waals surface area contributed by atoms with Gasteiger partial charge in [0.1, 0.15) is 0 Å². The Morgan fingerprint density at radius 3 is 2.93 bits per heavy atom. The Labute approximate surface area is 85.5 Å². The summed E-state index contributed by atoms with van der Waals surface area (Å²) in [6.07, 6.45) is 5.82. The third-order valence-electron chi connectivity index (χ3n) is 2.89. The summed E-state index contributed by atoms with van der Waals surface area (Å²) in [5.74, 6) is 0.844. The summed E-state index contributed by atoms with van der Waals surface area (Å²) in [7, 11) is 2.03. The molecule has 0 aromatic carbocycles. The van der Waals surface area contributed by atoms with Crippen LogP contribution >= 0.6 is 0 Å². The molecule has 1 unspecified atom stereocenters. The second kappa shape index (κ2) is 4.13. The zero-order valence-corrected chi connectivity index (χ0v) is 9.03. The fourth-order valence-corrected chi connectivity index (χ4v) is 1.93. The van der Waals surface area contributed by atoms with Crippen LogP contribution in [-0.4, -0.2) is 16.3 Å². The number of rotatable bonds is 5. The number of hydrogen-bond donors (Lipinski definition) is 1. The first-order valence-corrected chi connectivity index (χ1v) is 5.54. The van der Waals surface area contributed by atoms with Crippen molar-refractivity contribution in [2.45, 2.75) is 32.2 Å². The Balaban J connectivity index is 2.06. The molecule has 3 nitrogen and oxygen atoms in total. The molecule has 0 aliphatic heterocycles. The standard InChI is InChI=1S/C11H19N3/c1-3-7-12-11(9-4-5-9)10-6-8-13-14(10)2/h6,8-9,11-12H,3-5,7H2,1-2H3. The van der Waals surface area contributed by atoms with Crippen molar-refractivity contribution in [3.63, 3.8) is 0 Å². The number of nitrogens with one attached hydrogen (secondary N) is 1. The van der Waals surface area contributed by atoms with E-state index in [1.807, 2.05) is 17.9 Å². The molecule has 0 spiro atoms. The van der Waals surface area contributed by atoms with Crippen molar-refractivity contribution in [2.75, 3.05) is 6.54 Å². The van der Waals surface area contributed by atoms with Crippen LogP contribution in [0.4, 0.5) is 0 Å². The Morgan fingerprint density at radius 1 is 1.64 bits per heavy atom. The van der Waals surface area contributed by atoms with E-state index in [1.54, 1.807) is 0 Å². The van der Waals surface area contributed by atoms with Crippen molar-refractivity contribution in [1.29, 1.82) is 0 Å². The van der Waals surface area contributed by atoms with Crippen LogP contribution in [0.5, 0.6) is 0 Å². The first-order chi connectivity index (χ1) is 6.83. The average Bonchev–Trinajstić information content (AvgIpc) is 2.92. The van der Waals surface area contributed by atoms with Crippen molar-refractivity contribution in [1.82, 2.24) is 15.1 Å². The maximum absolute atomic E-state index is 4.23. The predicted octanol–water partition coefficient (Wildman–Crippen LogP) is 1.87. The molecule has 1 aliphatic carbocycles. The van der Waals surface area contributed by atoms with E-state index in [0.717, 1.165) is 12.5 Å². The Kier molecular flexibility index (Phi) is 2.87. The minimum atomic E-state index is 0.530. The van der Waals surface area contributed by atoms with Gasteiger partial charge in [-0.15, -0.1) is 0 Å². The van der Waals surface area contributed by atoms with Gasteiger partial charge in [-0.2, -0.15) is 5.10 Å². The van der Waals surface area contributed by atoms with Crippen LogP contribution < -0.4 is 5.32 Å². The second-order valence-corrected chi connectivity index (χ2v) is 4.15. The van der Waals surface area contributed by atoms with Gasteiger partial charge in [-0.05, 0) is 37.8 Å². The van der Waals surface area contributed by atoms with Gasteiger partial charge in [-0.1, -0.05) is 6.92 Å². The summed E-state index contributed by atoms with van der Waals surface area (Å²) < 4.78 is 1.99. The summed E-state index contributed by atoms with van der Waals surface area (Å²) in [5.41, 5.74) is 1.33. The van der Waals surface area contributed by atoms with Crippen LogP contribution in [0.25, 0.3) is 0 Å². The van der Waals surface area contributed by atoms with Gasteiger partial charge in [0.15, 0.2) is 0 Å². The summed E-state index contributed by atoms with van der Waals surface area (Å²) in [4.78, 5) is 0. The molecule has 0 radical (unpaired) electrons. The SMILES string of the molecule is CCCNC(c1ccnn1C)C1CC1. The van der Waals surface area contributed by atoms with Crippen molar-refractivity contribution in [3.05, 3.63) is 18.0 Å². The van der Waals surface area contributed by atoms with E-state index in [4.69, 9.17) is 0 Å². The number of hydrogen-bond acceptors (Lipinski definition) is 2. The van der Waals surface area contributed by atoms with Gasteiger partial charge in [0.25, 0.3) is 0 Å². The third kappa shape index (κ3) is 1.98. The number of aromatic nitrogens is 2. The molecule has 3 heteroatoms. The molecule has 0 saturated heterocycles. The minimum absolute atomic E-state index is 0.530. The summed E-state index contributed by atoms with van der Waals surface area (Å²) in [5, 5.41) is 7.85. The molecule has 1 N–H and O–H groups in total. The molecule has 0 amide bonds. The zero-order valence-electron chi connectivity index (χ0n) is 9.03. The van der Waals surface area contributed by atoms with E-state index in [1.165, 1.54) is 25.0 Å². The molecule has 1 atom stereocenters. The van der Waals surface area contributed by atoms with Gasteiger partial charge < -0.3 is 5.32 Å². The highest BCUT2D eigenvalue weighted by Gasteiger charge is 2.33. The highest BCUT2D eigenvalue weighted by atomic mass is 15.3. The lowest BCUT2D eigenvalue weighted by molar-refractivity contribution is 0.451. The van der Waals surface area contributed by atoms with E-state index in [2.05, 4.69) is 23.4 Å². The molecule has 1 heterocycles. The third-order valence-corrected chi connectivity index (χ3v) is 2.89. The molecule has 1 aromatic heterocycles. The first-order valence-electron chi connectivity index (χ1n) is 5.54. The monoisotopic (exact) mass is 193 g/mol. The predicted molar refractivity (Wildman–Crippen MR) is 57.0 cm³/mol. The molecule has 78 valence electrons. The molecular formula is C11H19N3. The summed E-state index contributed by atoms with van der Waals surface area (Å²) in [6.45, 7) is 3.31. The lowest BCUT2D eigenvalue weighted by Crippen LogP contribution is -2.25. The zero-order chi connectivity index (χ0) is 9.97. The molecule has 14 heavy (non-hydrogen) atoms. The quantitative estimate of drug-likeness (QED) is 0.773. The van der Waals surface area contributed by atoms with Gasteiger partial charge in [0, 0.05) is 13.2 Å². The maximum atomic E-state index is 4.23. The number of nitrogens with zero attached hydrogens (tertiary/aromatic N) is 2. The van der Waals surface area contributed by atoms with E-state index >= 15 is 0 Å². The van der Waals surface area contributed by atoms with E-state index < -0.39 is 0 Å². The van der Waals surface area contributed by atoms with Gasteiger partial charge in [0.05, 0.1) is 11.7 Å². The van der Waals surface area contributed by atoms with Gasteiger partial charge in [0.2, 0.25) is 0 Å². The second-order valence-electron chi connectivity index (χ2n) is 4.15. The van der Waals surface area contributed by atoms with Crippen LogP contribution in [0.3, 0.4) is 0 Å². The topological polar surface area (TPSA) is 29.9 Å². The van der Waals surface area contributed by atoms with Gasteiger partial charge in [-0.3, -0.25) is 4.68 Å². The fourth-order valence-electron chi connectivity index (χ4n) is 1.93. The van der Waals surface area contributed by atoms with E-state index in [9.17, 15) is 0 Å². The van der Waals surface area contributed by atoms with Crippen molar-refractivity contribution in [2.24, 2.45) is 13.0 Å². The molecule has 1 aliphatic rings. The van der Waals surface area contributed by atoms with E-state index in [-0.39, 0.29) is 0 Å². The van der Waals surface area contributed by atoms with Crippen molar-refractivity contribution < 1.29 is 0 Å². The molecule has 1 fully saturated rings. The average molecular weight is 193 g/mol. The smallest absolute Gasteiger partial charge is 0.0553 e. The summed E-state index contributed by atoms with van der Waals surface area (Å²) in [6, 6.07) is 2.66. The van der Waals surface area contributed by atoms with Crippen LogP contribution in [0, 0.1) is 5.92 Å². The normalized spacial score (nSPS) is 18.4.